The van der Waals surface area contributed by atoms with Gasteiger partial charge in [0.2, 0.25) is 0 Å². The molecule has 0 heterocycles. The Bertz CT molecular complexity index is 339. The monoisotopic (exact) mass is 417 g/mol. The van der Waals surface area contributed by atoms with E-state index in [4.69, 9.17) is 0 Å². The zero-order chi connectivity index (χ0) is 18.3. The van der Waals surface area contributed by atoms with Gasteiger partial charge in [0.15, 0.2) is 5.78 Å². The van der Waals surface area contributed by atoms with Gasteiger partial charge in [-0.2, -0.15) is 0 Å². The highest BCUT2D eigenvalue weighted by Gasteiger charge is 2.16. The second-order valence-corrected chi connectivity index (χ2v) is 8.23. The van der Waals surface area contributed by atoms with Gasteiger partial charge >= 0.3 is 0 Å². The van der Waals surface area contributed by atoms with Crippen LogP contribution >= 0.6 is 0 Å². The van der Waals surface area contributed by atoms with E-state index >= 15 is 0 Å². The van der Waals surface area contributed by atoms with Crippen molar-refractivity contribution in [2.45, 2.75) is 97.3 Å². The van der Waals surface area contributed by atoms with Gasteiger partial charge in [0.25, 0.3) is 0 Å². The molecular weight excluding hydrogens is 374 g/mol. The van der Waals surface area contributed by atoms with Crippen molar-refractivity contribution < 1.29 is 26.3 Å². The molecule has 0 amide bonds. The predicted molar refractivity (Wildman–Crippen MR) is 107 cm³/mol. The summed E-state index contributed by atoms with van der Waals surface area (Å²) < 4.78 is 0.955. The maximum Gasteiger partial charge on any atom is 0.163 e. The number of allylic oxidation sites excluding steroid dienone is 1. The van der Waals surface area contributed by atoms with Crippen LogP contribution in [0.25, 0.3) is 0 Å². The van der Waals surface area contributed by atoms with Crippen LogP contribution < -0.4 is 17.0 Å². The van der Waals surface area contributed by atoms with E-state index < -0.39 is 0 Å². The van der Waals surface area contributed by atoms with Gasteiger partial charge in [-0.25, -0.2) is 0 Å². The van der Waals surface area contributed by atoms with E-state index in [2.05, 4.69) is 27.6 Å². The van der Waals surface area contributed by atoms with Crippen LogP contribution in [0.15, 0.2) is 12.2 Å². The molecule has 0 bridgehead atoms. The SMILES string of the molecule is C=C(C)C(=O)CC[N+](C)(C)CCCCCCCCCCCCCC.[Br-]. The van der Waals surface area contributed by atoms with E-state index in [1.54, 1.807) is 0 Å². The number of ketones is 1. The molecule has 0 aromatic rings. The number of hydrogen-bond donors (Lipinski definition) is 0. The number of rotatable bonds is 17. The van der Waals surface area contributed by atoms with E-state index in [1.165, 1.54) is 83.6 Å². The van der Waals surface area contributed by atoms with Crippen molar-refractivity contribution in [2.75, 3.05) is 27.2 Å². The second-order valence-electron chi connectivity index (χ2n) is 8.23. The molecule has 150 valence electrons. The fraction of sp³-hybridized carbons (Fsp3) is 0.864. The molecule has 0 fully saturated rings. The lowest BCUT2D eigenvalue weighted by molar-refractivity contribution is -0.889. The molecule has 0 saturated carbocycles. The molecule has 0 aliphatic carbocycles. The van der Waals surface area contributed by atoms with Gasteiger partial charge in [0, 0.05) is 0 Å². The molecule has 0 atom stereocenters. The molecule has 0 spiro atoms. The number of Topliss-reactive ketones (excluding diaryl/α,β-unsaturated/α-hetero) is 1. The summed E-state index contributed by atoms with van der Waals surface area (Å²) in [6, 6.07) is 0. The lowest BCUT2D eigenvalue weighted by Crippen LogP contribution is -3.00. The molecule has 0 rings (SSSR count). The van der Waals surface area contributed by atoms with Crippen molar-refractivity contribution >= 4 is 5.78 Å². The lowest BCUT2D eigenvalue weighted by Gasteiger charge is -2.29. The van der Waals surface area contributed by atoms with Crippen LogP contribution in [0.4, 0.5) is 0 Å². The summed E-state index contributed by atoms with van der Waals surface area (Å²) in [6.07, 6.45) is 17.4. The first-order valence-electron chi connectivity index (χ1n) is 10.4. The minimum absolute atomic E-state index is 0. The predicted octanol–water partition coefficient (Wildman–Crippen LogP) is 3.30. The summed E-state index contributed by atoms with van der Waals surface area (Å²) >= 11 is 0. The van der Waals surface area contributed by atoms with Crippen molar-refractivity contribution in [3.63, 3.8) is 0 Å². The first kappa shape index (κ1) is 27.1. The van der Waals surface area contributed by atoms with Crippen LogP contribution in [0.3, 0.4) is 0 Å². The van der Waals surface area contributed by atoms with Crippen LogP contribution in [0, 0.1) is 0 Å². The second kappa shape index (κ2) is 17.3. The Morgan fingerprint density at radius 2 is 1.16 bits per heavy atom. The van der Waals surface area contributed by atoms with Crippen LogP contribution in [-0.4, -0.2) is 37.5 Å². The van der Waals surface area contributed by atoms with Crippen molar-refractivity contribution in [1.82, 2.24) is 0 Å². The van der Waals surface area contributed by atoms with E-state index in [0.717, 1.165) is 11.0 Å². The Labute approximate surface area is 168 Å². The van der Waals surface area contributed by atoms with E-state index in [0.29, 0.717) is 12.0 Å². The van der Waals surface area contributed by atoms with Gasteiger partial charge in [0.05, 0.1) is 33.6 Å². The summed E-state index contributed by atoms with van der Waals surface area (Å²) in [6.45, 7) is 9.94. The Morgan fingerprint density at radius 3 is 1.56 bits per heavy atom. The molecule has 0 aliphatic heterocycles. The molecule has 3 heteroatoms. The summed E-state index contributed by atoms with van der Waals surface area (Å²) in [5.74, 6) is 0.218. The van der Waals surface area contributed by atoms with Gasteiger partial charge in [0.1, 0.15) is 0 Å². The van der Waals surface area contributed by atoms with Gasteiger partial charge in [-0.15, -0.1) is 0 Å². The van der Waals surface area contributed by atoms with E-state index in [1.807, 2.05) is 6.92 Å². The normalized spacial score (nSPS) is 11.2. The maximum atomic E-state index is 11.7. The van der Waals surface area contributed by atoms with Gasteiger partial charge in [-0.3, -0.25) is 4.79 Å². The highest BCUT2D eigenvalue weighted by Crippen LogP contribution is 2.13. The Morgan fingerprint density at radius 1 is 0.760 bits per heavy atom. The number of unbranched alkanes of at least 4 members (excludes halogenated alkanes) is 11. The molecule has 0 N–H and O–H groups in total. The van der Waals surface area contributed by atoms with Gasteiger partial charge < -0.3 is 21.5 Å². The number of carbonyl (C=O) groups is 1. The molecule has 2 nitrogen and oxygen atoms in total. The largest absolute Gasteiger partial charge is 1.00 e. The molecule has 0 aromatic carbocycles. The number of quaternary nitrogens is 1. The Balaban J connectivity index is 0. The third-order valence-electron chi connectivity index (χ3n) is 5.04. The first-order chi connectivity index (χ1) is 11.4. The molecule has 0 radical (unpaired) electrons. The summed E-state index contributed by atoms with van der Waals surface area (Å²) in [7, 11) is 4.48. The zero-order valence-corrected chi connectivity index (χ0v) is 19.1. The van der Waals surface area contributed by atoms with Crippen LogP contribution in [-0.2, 0) is 4.79 Å². The maximum absolute atomic E-state index is 11.7. The Hall–Kier alpha value is -0.150. The van der Waals surface area contributed by atoms with Crippen LogP contribution in [0.1, 0.15) is 97.3 Å². The molecule has 25 heavy (non-hydrogen) atoms. The summed E-state index contributed by atoms with van der Waals surface area (Å²) in [4.78, 5) is 11.7. The molecule has 0 unspecified atom stereocenters. The van der Waals surface area contributed by atoms with Gasteiger partial charge in [-0.1, -0.05) is 77.7 Å². The fourth-order valence-corrected chi connectivity index (χ4v) is 3.11. The minimum atomic E-state index is 0. The lowest BCUT2D eigenvalue weighted by atomic mass is 10.1. The summed E-state index contributed by atoms with van der Waals surface area (Å²) in [5, 5.41) is 0. The highest BCUT2D eigenvalue weighted by atomic mass is 79.9. The highest BCUT2D eigenvalue weighted by molar-refractivity contribution is 5.94. The first-order valence-corrected chi connectivity index (χ1v) is 10.4. The number of nitrogens with zero attached hydrogens (tertiary/aromatic N) is 1. The zero-order valence-electron chi connectivity index (χ0n) is 17.5. The standard InChI is InChI=1S/C22H44NO.BrH/c1-6-7-8-9-10-11-12-13-14-15-16-17-19-23(4,5)20-18-22(24)21(2)3;/h2,6-20H2,1,3-5H3;1H/q+1;/p-1. The molecule has 0 aromatic heterocycles. The quantitative estimate of drug-likeness (QED) is 0.201. The van der Waals surface area contributed by atoms with Gasteiger partial charge in [-0.05, 0) is 25.3 Å². The molecule has 0 aliphatic rings. The van der Waals surface area contributed by atoms with E-state index in [-0.39, 0.29) is 22.8 Å². The summed E-state index contributed by atoms with van der Waals surface area (Å²) in [5.41, 5.74) is 0.695. The van der Waals surface area contributed by atoms with Crippen molar-refractivity contribution in [2.24, 2.45) is 0 Å². The topological polar surface area (TPSA) is 17.1 Å². The fourth-order valence-electron chi connectivity index (χ4n) is 3.11. The minimum Gasteiger partial charge on any atom is -1.00 e. The molecule has 0 saturated heterocycles. The number of carbonyl (C=O) groups excluding carboxylic acids is 1. The van der Waals surface area contributed by atoms with Crippen molar-refractivity contribution in [3.8, 4) is 0 Å². The van der Waals surface area contributed by atoms with Crippen LogP contribution in [0.5, 0.6) is 0 Å². The molecular formula is C22H44BrNO. The van der Waals surface area contributed by atoms with Crippen molar-refractivity contribution in [3.05, 3.63) is 12.2 Å². The van der Waals surface area contributed by atoms with Crippen LogP contribution in [0.2, 0.25) is 0 Å². The third-order valence-corrected chi connectivity index (χ3v) is 5.04. The third kappa shape index (κ3) is 18.4. The average Bonchev–Trinajstić information content (AvgIpc) is 2.53. The van der Waals surface area contributed by atoms with E-state index in [9.17, 15) is 4.79 Å². The number of hydrogen-bond acceptors (Lipinski definition) is 1. The number of halogens is 1. The van der Waals surface area contributed by atoms with Crippen molar-refractivity contribution in [1.29, 1.82) is 0 Å². The Kier molecular flexibility index (Phi) is 18.7. The smallest absolute Gasteiger partial charge is 0.163 e. The average molecular weight is 419 g/mol.